The molecule has 3 rings (SSSR count). The van der Waals surface area contributed by atoms with Crippen LogP contribution >= 0.6 is 0 Å². The van der Waals surface area contributed by atoms with Gasteiger partial charge in [-0.25, -0.2) is 13.4 Å². The number of rotatable bonds is 9. The first-order valence-electron chi connectivity index (χ1n) is 9.79. The Morgan fingerprint density at radius 2 is 1.84 bits per heavy atom. The van der Waals surface area contributed by atoms with Crippen molar-refractivity contribution in [2.45, 2.75) is 13.5 Å². The van der Waals surface area contributed by atoms with Gasteiger partial charge in [0.25, 0.3) is 0 Å². The van der Waals surface area contributed by atoms with Gasteiger partial charge in [0.05, 0.1) is 31.9 Å². The van der Waals surface area contributed by atoms with Gasteiger partial charge in [-0.1, -0.05) is 18.2 Å². The van der Waals surface area contributed by atoms with Gasteiger partial charge in [-0.15, -0.1) is 0 Å². The number of hydrogen-bond donors (Lipinski definition) is 1. The number of carbonyl (C=O) groups is 1. The first-order chi connectivity index (χ1) is 15.2. The van der Waals surface area contributed by atoms with Gasteiger partial charge in [0, 0.05) is 25.0 Å². The van der Waals surface area contributed by atoms with Crippen LogP contribution in [-0.2, 0) is 21.4 Å². The van der Waals surface area contributed by atoms with E-state index in [9.17, 15) is 13.2 Å². The highest BCUT2D eigenvalue weighted by molar-refractivity contribution is 7.92. The molecule has 32 heavy (non-hydrogen) atoms. The number of benzene rings is 2. The average Bonchev–Trinajstić information content (AvgIpc) is 3.20. The number of imidazole rings is 1. The van der Waals surface area contributed by atoms with Gasteiger partial charge in [0.1, 0.15) is 12.4 Å². The van der Waals surface area contributed by atoms with Crippen LogP contribution in [0.2, 0.25) is 0 Å². The van der Waals surface area contributed by atoms with Crippen LogP contribution in [0.3, 0.4) is 0 Å². The van der Waals surface area contributed by atoms with E-state index in [0.29, 0.717) is 17.2 Å². The van der Waals surface area contributed by atoms with Crippen LogP contribution in [0.25, 0.3) is 5.69 Å². The van der Waals surface area contributed by atoms with E-state index < -0.39 is 15.9 Å². The number of anilines is 1. The van der Waals surface area contributed by atoms with E-state index in [1.54, 1.807) is 18.3 Å². The topological polar surface area (TPSA) is 103 Å². The summed E-state index contributed by atoms with van der Waals surface area (Å²) < 4.78 is 38.2. The Balaban J connectivity index is 1.78. The number of amides is 1. The van der Waals surface area contributed by atoms with Crippen LogP contribution in [0.15, 0.2) is 54.9 Å². The van der Waals surface area contributed by atoms with E-state index in [4.69, 9.17) is 9.47 Å². The van der Waals surface area contributed by atoms with E-state index in [2.05, 4.69) is 10.3 Å². The second-order valence-corrected chi connectivity index (χ2v) is 8.97. The monoisotopic (exact) mass is 458 g/mol. The number of carbonyl (C=O) groups excluding carboxylic acids is 1. The third kappa shape index (κ3) is 5.20. The van der Waals surface area contributed by atoms with Crippen LogP contribution in [-0.4, -0.2) is 50.9 Å². The molecule has 1 heterocycles. The average molecular weight is 459 g/mol. The number of methoxy groups -OCH3 is 2. The molecule has 0 bridgehead atoms. The van der Waals surface area contributed by atoms with Crippen molar-refractivity contribution in [1.82, 2.24) is 14.9 Å². The van der Waals surface area contributed by atoms with Crippen molar-refractivity contribution in [3.05, 3.63) is 66.2 Å². The Kier molecular flexibility index (Phi) is 7.04. The molecule has 170 valence electrons. The standard InChI is InChI=1S/C22H26N4O5S/c1-16-23-11-12-25(16)19-8-6-5-7-17(19)14-24-22(27)15-26(32(4,28)29)18-9-10-20(30-2)21(13-18)31-3/h5-13H,14-15H2,1-4H3,(H,24,27). The van der Waals surface area contributed by atoms with Crippen molar-refractivity contribution in [1.29, 1.82) is 0 Å². The maximum absolute atomic E-state index is 12.7. The molecule has 0 unspecified atom stereocenters. The molecule has 0 saturated carbocycles. The maximum Gasteiger partial charge on any atom is 0.241 e. The molecule has 0 aliphatic carbocycles. The number of ether oxygens (including phenoxy) is 2. The van der Waals surface area contributed by atoms with E-state index >= 15 is 0 Å². The Bertz CT molecular complexity index is 1210. The molecule has 0 radical (unpaired) electrons. The summed E-state index contributed by atoms with van der Waals surface area (Å²) in [7, 11) is -0.781. The highest BCUT2D eigenvalue weighted by Crippen LogP contribution is 2.32. The molecule has 3 aromatic rings. The molecule has 0 saturated heterocycles. The number of aromatic nitrogens is 2. The highest BCUT2D eigenvalue weighted by Gasteiger charge is 2.22. The summed E-state index contributed by atoms with van der Waals surface area (Å²) in [5.41, 5.74) is 2.07. The van der Waals surface area contributed by atoms with Crippen LogP contribution in [0, 0.1) is 6.92 Å². The van der Waals surface area contributed by atoms with E-state index in [1.165, 1.54) is 20.3 Å². The van der Waals surface area contributed by atoms with Gasteiger partial charge < -0.3 is 19.4 Å². The molecular formula is C22H26N4O5S. The number of nitrogens with zero attached hydrogens (tertiary/aromatic N) is 3. The lowest BCUT2D eigenvalue weighted by atomic mass is 10.1. The predicted molar refractivity (Wildman–Crippen MR) is 122 cm³/mol. The van der Waals surface area contributed by atoms with Gasteiger partial charge in [0.15, 0.2) is 11.5 Å². The van der Waals surface area contributed by atoms with Gasteiger partial charge in [-0.3, -0.25) is 9.10 Å². The SMILES string of the molecule is COc1ccc(N(CC(=O)NCc2ccccc2-n2ccnc2C)S(C)(=O)=O)cc1OC. The maximum atomic E-state index is 12.7. The molecule has 10 heteroatoms. The van der Waals surface area contributed by atoms with E-state index in [-0.39, 0.29) is 13.1 Å². The van der Waals surface area contributed by atoms with Gasteiger partial charge in [0.2, 0.25) is 15.9 Å². The largest absolute Gasteiger partial charge is 0.493 e. The highest BCUT2D eigenvalue weighted by atomic mass is 32.2. The van der Waals surface area contributed by atoms with Crippen molar-refractivity contribution in [3.63, 3.8) is 0 Å². The number of nitrogens with one attached hydrogen (secondary N) is 1. The zero-order valence-corrected chi connectivity index (χ0v) is 19.2. The lowest BCUT2D eigenvalue weighted by Gasteiger charge is -2.23. The lowest BCUT2D eigenvalue weighted by molar-refractivity contribution is -0.119. The van der Waals surface area contributed by atoms with Crippen molar-refractivity contribution < 1.29 is 22.7 Å². The second kappa shape index (κ2) is 9.73. The molecule has 1 amide bonds. The molecule has 1 N–H and O–H groups in total. The summed E-state index contributed by atoms with van der Waals surface area (Å²) in [6.45, 7) is 1.75. The van der Waals surface area contributed by atoms with Crippen molar-refractivity contribution >= 4 is 21.6 Å². The molecule has 2 aromatic carbocycles. The normalized spacial score (nSPS) is 11.1. The number of sulfonamides is 1. The zero-order valence-electron chi connectivity index (χ0n) is 18.4. The fourth-order valence-electron chi connectivity index (χ4n) is 3.29. The fraction of sp³-hybridized carbons (Fsp3) is 0.273. The summed E-state index contributed by atoms with van der Waals surface area (Å²) in [4.78, 5) is 16.9. The molecule has 1 aromatic heterocycles. The second-order valence-electron chi connectivity index (χ2n) is 7.06. The zero-order chi connectivity index (χ0) is 23.3. The molecule has 0 fully saturated rings. The van der Waals surface area contributed by atoms with Crippen molar-refractivity contribution in [3.8, 4) is 17.2 Å². The van der Waals surface area contributed by atoms with E-state index in [1.807, 2.05) is 42.0 Å². The van der Waals surface area contributed by atoms with Gasteiger partial charge >= 0.3 is 0 Å². The molecule has 0 aliphatic rings. The molecule has 9 nitrogen and oxygen atoms in total. The van der Waals surface area contributed by atoms with Crippen molar-refractivity contribution in [2.75, 3.05) is 31.3 Å². The minimum Gasteiger partial charge on any atom is -0.493 e. The summed E-state index contributed by atoms with van der Waals surface area (Å²) >= 11 is 0. The van der Waals surface area contributed by atoms with Gasteiger partial charge in [-0.05, 0) is 30.7 Å². The van der Waals surface area contributed by atoms with Crippen LogP contribution in [0.1, 0.15) is 11.4 Å². The molecule has 0 atom stereocenters. The summed E-state index contributed by atoms with van der Waals surface area (Å²) in [5.74, 6) is 1.20. The summed E-state index contributed by atoms with van der Waals surface area (Å²) in [6.07, 6.45) is 4.60. The quantitative estimate of drug-likeness (QED) is 0.528. The molecular weight excluding hydrogens is 432 g/mol. The fourth-order valence-corrected chi connectivity index (χ4v) is 4.14. The number of aryl methyl sites for hydroxylation is 1. The minimum atomic E-state index is -3.73. The van der Waals surface area contributed by atoms with Crippen LogP contribution in [0.4, 0.5) is 5.69 Å². The molecule has 0 aliphatic heterocycles. The minimum absolute atomic E-state index is 0.232. The Morgan fingerprint density at radius 3 is 2.47 bits per heavy atom. The third-order valence-corrected chi connectivity index (χ3v) is 6.04. The van der Waals surface area contributed by atoms with Crippen LogP contribution < -0.4 is 19.1 Å². The Labute approximate surface area is 187 Å². The Morgan fingerprint density at radius 1 is 1.12 bits per heavy atom. The Hall–Kier alpha value is -3.53. The smallest absolute Gasteiger partial charge is 0.241 e. The lowest BCUT2D eigenvalue weighted by Crippen LogP contribution is -2.40. The van der Waals surface area contributed by atoms with Crippen molar-refractivity contribution in [2.24, 2.45) is 0 Å². The van der Waals surface area contributed by atoms with Gasteiger partial charge in [-0.2, -0.15) is 0 Å². The first kappa shape index (κ1) is 23.1. The summed E-state index contributed by atoms with van der Waals surface area (Å²) in [6, 6.07) is 12.3. The van der Waals surface area contributed by atoms with Crippen LogP contribution in [0.5, 0.6) is 11.5 Å². The predicted octanol–water partition coefficient (Wildman–Crippen LogP) is 2.28. The molecule has 0 spiro atoms. The van der Waals surface area contributed by atoms with E-state index in [0.717, 1.165) is 27.6 Å². The number of hydrogen-bond acceptors (Lipinski definition) is 6. The number of para-hydroxylation sites is 1. The summed E-state index contributed by atoms with van der Waals surface area (Å²) in [5, 5.41) is 2.81. The third-order valence-electron chi connectivity index (χ3n) is 4.90. The first-order valence-corrected chi connectivity index (χ1v) is 11.6.